The summed E-state index contributed by atoms with van der Waals surface area (Å²) in [7, 11) is 1.75. The molecular formula is C25H34N4O2. The van der Waals surface area contributed by atoms with Gasteiger partial charge in [0.15, 0.2) is 0 Å². The van der Waals surface area contributed by atoms with Gasteiger partial charge in [-0.05, 0) is 49.2 Å². The van der Waals surface area contributed by atoms with Crippen molar-refractivity contribution in [1.29, 1.82) is 0 Å². The number of hydrogen-bond donors (Lipinski definition) is 1. The van der Waals surface area contributed by atoms with Crippen molar-refractivity contribution in [3.63, 3.8) is 0 Å². The lowest BCUT2D eigenvalue weighted by atomic mass is 10.0. The van der Waals surface area contributed by atoms with Crippen molar-refractivity contribution in [3.8, 4) is 5.75 Å². The lowest BCUT2D eigenvalue weighted by molar-refractivity contribution is -0.114. The molecule has 2 heterocycles. The van der Waals surface area contributed by atoms with E-state index in [-0.39, 0.29) is 5.91 Å². The summed E-state index contributed by atoms with van der Waals surface area (Å²) in [6, 6.07) is 17.2. The number of piperidine rings is 1. The zero-order valence-electron chi connectivity index (χ0n) is 18.7. The molecule has 6 heteroatoms. The highest BCUT2D eigenvalue weighted by molar-refractivity contribution is 5.88. The van der Waals surface area contributed by atoms with Crippen LogP contribution < -0.4 is 15.0 Å². The lowest BCUT2D eigenvalue weighted by Gasteiger charge is -2.44. The zero-order chi connectivity index (χ0) is 21.6. The SMILES string of the molecule is COc1ccccc1N1CCN([C@H]2CCCN(Cc3ccc(NC(C)=O)cc3)C2)CC1. The van der Waals surface area contributed by atoms with Gasteiger partial charge in [-0.3, -0.25) is 14.6 Å². The topological polar surface area (TPSA) is 48.1 Å². The van der Waals surface area contributed by atoms with Gasteiger partial charge in [0.05, 0.1) is 12.8 Å². The molecule has 6 nitrogen and oxygen atoms in total. The number of para-hydroxylation sites is 2. The summed E-state index contributed by atoms with van der Waals surface area (Å²) in [6.45, 7) is 9.08. The molecule has 2 aliphatic heterocycles. The number of amides is 1. The van der Waals surface area contributed by atoms with Gasteiger partial charge >= 0.3 is 0 Å². The van der Waals surface area contributed by atoms with Crippen LogP contribution in [-0.2, 0) is 11.3 Å². The molecule has 1 atom stereocenters. The summed E-state index contributed by atoms with van der Waals surface area (Å²) in [4.78, 5) is 18.9. The standard InChI is InChI=1S/C25H34N4O2/c1-20(30)26-22-11-9-21(10-12-22)18-27-13-5-6-23(19-27)28-14-16-29(17-15-28)24-7-3-4-8-25(24)31-2/h3-4,7-12,23H,5-6,13-19H2,1-2H3,(H,26,30)/t23-/m0/s1. The Bertz CT molecular complexity index is 862. The first-order chi connectivity index (χ1) is 15.1. The van der Waals surface area contributed by atoms with E-state index in [1.807, 2.05) is 24.3 Å². The molecule has 0 aliphatic carbocycles. The van der Waals surface area contributed by atoms with Crippen LogP contribution in [-0.4, -0.2) is 68.1 Å². The molecule has 4 rings (SSSR count). The fourth-order valence-electron chi connectivity index (χ4n) is 4.85. The minimum absolute atomic E-state index is 0.0302. The van der Waals surface area contributed by atoms with E-state index in [0.29, 0.717) is 6.04 Å². The summed E-state index contributed by atoms with van der Waals surface area (Å²) in [5, 5.41) is 2.84. The maximum absolute atomic E-state index is 11.2. The second kappa shape index (κ2) is 10.2. The van der Waals surface area contributed by atoms with Crippen LogP contribution in [0.5, 0.6) is 5.75 Å². The van der Waals surface area contributed by atoms with Crippen molar-refractivity contribution in [3.05, 3.63) is 54.1 Å². The first kappa shape index (κ1) is 21.7. The number of benzene rings is 2. The normalized spacial score (nSPS) is 20.5. The molecule has 2 saturated heterocycles. The molecule has 0 radical (unpaired) electrons. The molecule has 2 aromatic rings. The predicted octanol–water partition coefficient (Wildman–Crippen LogP) is 3.44. The Labute approximate surface area is 185 Å². The molecule has 31 heavy (non-hydrogen) atoms. The van der Waals surface area contributed by atoms with Gasteiger partial charge in [0, 0.05) is 57.9 Å². The first-order valence-corrected chi connectivity index (χ1v) is 11.3. The van der Waals surface area contributed by atoms with Crippen LogP contribution in [0.3, 0.4) is 0 Å². The van der Waals surface area contributed by atoms with Crippen LogP contribution in [0.1, 0.15) is 25.3 Å². The van der Waals surface area contributed by atoms with Gasteiger partial charge in [0.2, 0.25) is 5.91 Å². The minimum atomic E-state index is -0.0302. The lowest BCUT2D eigenvalue weighted by Crippen LogP contribution is -2.55. The summed E-state index contributed by atoms with van der Waals surface area (Å²) in [5.41, 5.74) is 3.37. The Hall–Kier alpha value is -2.57. The average Bonchev–Trinajstić information content (AvgIpc) is 2.80. The number of anilines is 2. The molecule has 0 aromatic heterocycles. The second-order valence-corrected chi connectivity index (χ2v) is 8.60. The number of nitrogens with zero attached hydrogens (tertiary/aromatic N) is 3. The third-order valence-corrected chi connectivity index (χ3v) is 6.42. The Morgan fingerprint density at radius 1 is 1.03 bits per heavy atom. The minimum Gasteiger partial charge on any atom is -0.495 e. The number of likely N-dealkylation sites (tertiary alicyclic amines) is 1. The predicted molar refractivity (Wildman–Crippen MR) is 126 cm³/mol. The van der Waals surface area contributed by atoms with E-state index in [2.05, 4.69) is 44.3 Å². The quantitative estimate of drug-likeness (QED) is 0.773. The van der Waals surface area contributed by atoms with Gasteiger partial charge in [-0.1, -0.05) is 24.3 Å². The highest BCUT2D eigenvalue weighted by atomic mass is 16.5. The highest BCUT2D eigenvalue weighted by Crippen LogP contribution is 2.29. The van der Waals surface area contributed by atoms with E-state index in [9.17, 15) is 4.79 Å². The number of carbonyl (C=O) groups excluding carboxylic acids is 1. The largest absolute Gasteiger partial charge is 0.495 e. The maximum atomic E-state index is 11.2. The van der Waals surface area contributed by atoms with Crippen molar-refractivity contribution in [1.82, 2.24) is 9.80 Å². The number of rotatable bonds is 6. The number of nitrogens with one attached hydrogen (secondary N) is 1. The Kier molecular flexibility index (Phi) is 7.10. The average molecular weight is 423 g/mol. The Balaban J connectivity index is 1.29. The first-order valence-electron chi connectivity index (χ1n) is 11.3. The van der Waals surface area contributed by atoms with Crippen LogP contribution >= 0.6 is 0 Å². The number of carbonyl (C=O) groups is 1. The third-order valence-electron chi connectivity index (χ3n) is 6.42. The van der Waals surface area contributed by atoms with E-state index in [0.717, 1.165) is 57.3 Å². The van der Waals surface area contributed by atoms with Crippen LogP contribution in [0, 0.1) is 0 Å². The van der Waals surface area contributed by atoms with E-state index in [1.54, 1.807) is 7.11 Å². The molecule has 0 saturated carbocycles. The zero-order valence-corrected chi connectivity index (χ0v) is 18.7. The van der Waals surface area contributed by atoms with Gasteiger partial charge in [-0.25, -0.2) is 0 Å². The molecule has 1 N–H and O–H groups in total. The molecular weight excluding hydrogens is 388 g/mol. The smallest absolute Gasteiger partial charge is 0.221 e. The number of ether oxygens (including phenoxy) is 1. The molecule has 2 fully saturated rings. The monoisotopic (exact) mass is 422 g/mol. The second-order valence-electron chi connectivity index (χ2n) is 8.60. The van der Waals surface area contributed by atoms with Gasteiger partial charge in [-0.15, -0.1) is 0 Å². The molecule has 2 aromatic carbocycles. The number of methoxy groups -OCH3 is 1. The van der Waals surface area contributed by atoms with Crippen molar-refractivity contribution in [2.24, 2.45) is 0 Å². The van der Waals surface area contributed by atoms with Gasteiger partial charge < -0.3 is 15.0 Å². The Morgan fingerprint density at radius 2 is 1.77 bits per heavy atom. The van der Waals surface area contributed by atoms with Crippen LogP contribution in [0.2, 0.25) is 0 Å². The summed E-state index contributed by atoms with van der Waals surface area (Å²) >= 11 is 0. The van der Waals surface area contributed by atoms with Gasteiger partial charge in [-0.2, -0.15) is 0 Å². The van der Waals surface area contributed by atoms with Crippen LogP contribution in [0.15, 0.2) is 48.5 Å². The van der Waals surface area contributed by atoms with E-state index >= 15 is 0 Å². The van der Waals surface area contributed by atoms with Gasteiger partial charge in [0.1, 0.15) is 5.75 Å². The molecule has 0 bridgehead atoms. The van der Waals surface area contributed by atoms with Crippen LogP contribution in [0.4, 0.5) is 11.4 Å². The van der Waals surface area contributed by atoms with Crippen molar-refractivity contribution >= 4 is 17.3 Å². The maximum Gasteiger partial charge on any atom is 0.221 e. The molecule has 166 valence electrons. The Morgan fingerprint density at radius 3 is 2.48 bits per heavy atom. The summed E-state index contributed by atoms with van der Waals surface area (Å²) in [6.07, 6.45) is 2.54. The van der Waals surface area contributed by atoms with Crippen molar-refractivity contribution in [2.75, 3.05) is 56.6 Å². The van der Waals surface area contributed by atoms with Crippen LogP contribution in [0.25, 0.3) is 0 Å². The molecule has 1 amide bonds. The molecule has 2 aliphatic rings. The van der Waals surface area contributed by atoms with Gasteiger partial charge in [0.25, 0.3) is 0 Å². The molecule has 0 spiro atoms. The third kappa shape index (κ3) is 5.57. The van der Waals surface area contributed by atoms with E-state index < -0.39 is 0 Å². The highest BCUT2D eigenvalue weighted by Gasteiger charge is 2.28. The fraction of sp³-hybridized carbons (Fsp3) is 0.480. The van der Waals surface area contributed by atoms with Crippen molar-refractivity contribution in [2.45, 2.75) is 32.4 Å². The van der Waals surface area contributed by atoms with E-state index in [4.69, 9.17) is 4.74 Å². The van der Waals surface area contributed by atoms with E-state index in [1.165, 1.54) is 31.0 Å². The summed E-state index contributed by atoms with van der Waals surface area (Å²) < 4.78 is 5.56. The molecule has 0 unspecified atom stereocenters. The summed E-state index contributed by atoms with van der Waals surface area (Å²) in [5.74, 6) is 0.932. The van der Waals surface area contributed by atoms with Crippen molar-refractivity contribution < 1.29 is 9.53 Å². The number of hydrogen-bond acceptors (Lipinski definition) is 5. The number of piperazine rings is 1. The fourth-order valence-corrected chi connectivity index (χ4v) is 4.85.